The van der Waals surface area contributed by atoms with Crippen molar-refractivity contribution in [2.24, 2.45) is 0 Å². The van der Waals surface area contributed by atoms with Crippen LogP contribution in [-0.2, 0) is 6.54 Å². The molecule has 0 unspecified atom stereocenters. The third kappa shape index (κ3) is 3.80. The van der Waals surface area contributed by atoms with Gasteiger partial charge in [0.1, 0.15) is 5.56 Å². The Balaban J connectivity index is 1.84. The standard InChI is InChI=1S/C19H14F2N2O2/c20-16-9-8-14(11-17(16)21)22-18(24)15-7-4-10-23(19(15)25)12-13-5-2-1-3-6-13/h1-11H,12H2,(H,22,24). The number of rotatable bonds is 4. The molecule has 126 valence electrons. The molecule has 0 aliphatic heterocycles. The molecule has 0 saturated carbocycles. The van der Waals surface area contributed by atoms with Gasteiger partial charge in [0.15, 0.2) is 11.6 Å². The molecule has 2 aromatic carbocycles. The van der Waals surface area contributed by atoms with Crippen LogP contribution in [0.4, 0.5) is 14.5 Å². The van der Waals surface area contributed by atoms with Crippen LogP contribution in [0.15, 0.2) is 71.7 Å². The molecule has 1 aromatic heterocycles. The summed E-state index contributed by atoms with van der Waals surface area (Å²) in [5, 5.41) is 2.40. The van der Waals surface area contributed by atoms with Crippen LogP contribution in [0.5, 0.6) is 0 Å². The number of amides is 1. The normalized spacial score (nSPS) is 10.5. The van der Waals surface area contributed by atoms with Gasteiger partial charge in [-0.1, -0.05) is 30.3 Å². The van der Waals surface area contributed by atoms with Crippen molar-refractivity contribution in [3.63, 3.8) is 0 Å². The van der Waals surface area contributed by atoms with Gasteiger partial charge in [-0.05, 0) is 29.8 Å². The van der Waals surface area contributed by atoms with Gasteiger partial charge in [0.2, 0.25) is 0 Å². The Labute approximate surface area is 142 Å². The summed E-state index contributed by atoms with van der Waals surface area (Å²) in [7, 11) is 0. The van der Waals surface area contributed by atoms with Crippen LogP contribution in [-0.4, -0.2) is 10.5 Å². The summed E-state index contributed by atoms with van der Waals surface area (Å²) in [5.74, 6) is -2.77. The summed E-state index contributed by atoms with van der Waals surface area (Å²) in [4.78, 5) is 24.8. The fraction of sp³-hybridized carbons (Fsp3) is 0.0526. The van der Waals surface area contributed by atoms with Crippen LogP contribution in [0.2, 0.25) is 0 Å². The lowest BCUT2D eigenvalue weighted by molar-refractivity contribution is 0.102. The maximum absolute atomic E-state index is 13.2. The van der Waals surface area contributed by atoms with Crippen molar-refractivity contribution in [3.05, 3.63) is 100.0 Å². The lowest BCUT2D eigenvalue weighted by Crippen LogP contribution is -2.29. The Morgan fingerprint density at radius 3 is 2.44 bits per heavy atom. The highest BCUT2D eigenvalue weighted by molar-refractivity contribution is 6.03. The van der Waals surface area contributed by atoms with Crippen molar-refractivity contribution in [1.82, 2.24) is 4.57 Å². The molecule has 0 radical (unpaired) electrons. The highest BCUT2D eigenvalue weighted by Gasteiger charge is 2.13. The Morgan fingerprint density at radius 2 is 1.72 bits per heavy atom. The Bertz CT molecular complexity index is 969. The van der Waals surface area contributed by atoms with Crippen LogP contribution >= 0.6 is 0 Å². The van der Waals surface area contributed by atoms with Crippen molar-refractivity contribution in [2.45, 2.75) is 6.54 Å². The molecule has 0 bridgehead atoms. The molecule has 25 heavy (non-hydrogen) atoms. The maximum Gasteiger partial charge on any atom is 0.263 e. The number of pyridine rings is 1. The number of nitrogens with one attached hydrogen (secondary N) is 1. The molecule has 1 N–H and O–H groups in total. The number of nitrogens with zero attached hydrogens (tertiary/aromatic N) is 1. The fourth-order valence-electron chi connectivity index (χ4n) is 2.39. The van der Waals surface area contributed by atoms with Crippen molar-refractivity contribution >= 4 is 11.6 Å². The molecule has 3 rings (SSSR count). The fourth-order valence-corrected chi connectivity index (χ4v) is 2.39. The van der Waals surface area contributed by atoms with Crippen LogP contribution in [0, 0.1) is 11.6 Å². The zero-order valence-corrected chi connectivity index (χ0v) is 13.1. The number of halogens is 2. The molecule has 1 amide bonds. The van der Waals surface area contributed by atoms with Crippen molar-refractivity contribution in [2.75, 3.05) is 5.32 Å². The minimum absolute atomic E-state index is 0.0711. The summed E-state index contributed by atoms with van der Waals surface area (Å²) in [5.41, 5.74) is 0.444. The van der Waals surface area contributed by atoms with E-state index in [2.05, 4.69) is 5.32 Å². The molecule has 0 aliphatic carbocycles. The third-order valence-corrected chi connectivity index (χ3v) is 3.64. The molecule has 0 aliphatic rings. The van der Waals surface area contributed by atoms with Gasteiger partial charge in [0.25, 0.3) is 11.5 Å². The Morgan fingerprint density at radius 1 is 0.960 bits per heavy atom. The molecule has 4 nitrogen and oxygen atoms in total. The van der Waals surface area contributed by atoms with Crippen LogP contribution in [0.25, 0.3) is 0 Å². The van der Waals surface area contributed by atoms with Gasteiger partial charge in [-0.25, -0.2) is 8.78 Å². The van der Waals surface area contributed by atoms with E-state index >= 15 is 0 Å². The van der Waals surface area contributed by atoms with E-state index in [1.807, 2.05) is 30.3 Å². The summed E-state index contributed by atoms with van der Waals surface area (Å²) >= 11 is 0. The first-order valence-electron chi connectivity index (χ1n) is 7.54. The van der Waals surface area contributed by atoms with Gasteiger partial charge in [-0.15, -0.1) is 0 Å². The lowest BCUT2D eigenvalue weighted by atomic mass is 10.2. The SMILES string of the molecule is O=C(Nc1ccc(F)c(F)c1)c1cccn(Cc2ccccc2)c1=O. The second-order valence-corrected chi connectivity index (χ2v) is 5.42. The maximum atomic E-state index is 13.2. The lowest BCUT2D eigenvalue weighted by Gasteiger charge is -2.09. The van der Waals surface area contributed by atoms with E-state index in [4.69, 9.17) is 0 Å². The number of benzene rings is 2. The number of hydrogen-bond acceptors (Lipinski definition) is 2. The van der Waals surface area contributed by atoms with Crippen molar-refractivity contribution in [1.29, 1.82) is 0 Å². The van der Waals surface area contributed by atoms with E-state index in [0.717, 1.165) is 17.7 Å². The summed E-state index contributed by atoms with van der Waals surface area (Å²) in [6.45, 7) is 0.325. The first kappa shape index (κ1) is 16.6. The number of anilines is 1. The van der Waals surface area contributed by atoms with Gasteiger partial charge in [0.05, 0.1) is 6.54 Å². The number of carbonyl (C=O) groups excluding carboxylic acids is 1. The molecule has 6 heteroatoms. The predicted molar refractivity (Wildman–Crippen MR) is 90.6 cm³/mol. The molecule has 1 heterocycles. The summed E-state index contributed by atoms with van der Waals surface area (Å²) in [6.07, 6.45) is 1.59. The Hall–Kier alpha value is -3.28. The zero-order chi connectivity index (χ0) is 17.8. The van der Waals surface area contributed by atoms with E-state index in [-0.39, 0.29) is 11.3 Å². The van der Waals surface area contributed by atoms with Crippen LogP contribution in [0.1, 0.15) is 15.9 Å². The van der Waals surface area contributed by atoms with Crippen molar-refractivity contribution in [3.8, 4) is 0 Å². The van der Waals surface area contributed by atoms with Gasteiger partial charge in [0, 0.05) is 18.0 Å². The molecule has 0 saturated heterocycles. The van der Waals surface area contributed by atoms with Gasteiger partial charge in [-0.3, -0.25) is 9.59 Å². The zero-order valence-electron chi connectivity index (χ0n) is 13.1. The number of carbonyl (C=O) groups is 1. The van der Waals surface area contributed by atoms with Crippen LogP contribution < -0.4 is 10.9 Å². The smallest absolute Gasteiger partial charge is 0.263 e. The summed E-state index contributed by atoms with van der Waals surface area (Å²) < 4.78 is 27.6. The average molecular weight is 340 g/mol. The molecule has 0 atom stereocenters. The van der Waals surface area contributed by atoms with Gasteiger partial charge >= 0.3 is 0 Å². The van der Waals surface area contributed by atoms with E-state index in [0.29, 0.717) is 6.54 Å². The minimum atomic E-state index is -1.08. The Kier molecular flexibility index (Phi) is 4.70. The number of aromatic nitrogens is 1. The summed E-state index contributed by atoms with van der Waals surface area (Å²) in [6, 6.07) is 15.3. The van der Waals surface area contributed by atoms with E-state index in [1.165, 1.54) is 16.7 Å². The molecule has 0 fully saturated rings. The second kappa shape index (κ2) is 7.09. The van der Waals surface area contributed by atoms with E-state index in [1.54, 1.807) is 12.3 Å². The van der Waals surface area contributed by atoms with Crippen LogP contribution in [0.3, 0.4) is 0 Å². The second-order valence-electron chi connectivity index (χ2n) is 5.42. The average Bonchev–Trinajstić information content (AvgIpc) is 2.61. The quantitative estimate of drug-likeness (QED) is 0.791. The monoisotopic (exact) mass is 340 g/mol. The third-order valence-electron chi connectivity index (χ3n) is 3.64. The highest BCUT2D eigenvalue weighted by atomic mass is 19.2. The molecular formula is C19H14F2N2O2. The van der Waals surface area contributed by atoms with Crippen molar-refractivity contribution < 1.29 is 13.6 Å². The topological polar surface area (TPSA) is 51.1 Å². The van der Waals surface area contributed by atoms with Gasteiger partial charge < -0.3 is 9.88 Å². The molecular weight excluding hydrogens is 326 g/mol. The number of hydrogen-bond donors (Lipinski definition) is 1. The minimum Gasteiger partial charge on any atom is -0.322 e. The predicted octanol–water partition coefficient (Wildman–Crippen LogP) is 3.43. The van der Waals surface area contributed by atoms with E-state index in [9.17, 15) is 18.4 Å². The first-order valence-corrected chi connectivity index (χ1v) is 7.54. The largest absolute Gasteiger partial charge is 0.322 e. The first-order chi connectivity index (χ1) is 12.0. The van der Waals surface area contributed by atoms with Gasteiger partial charge in [-0.2, -0.15) is 0 Å². The van der Waals surface area contributed by atoms with E-state index < -0.39 is 23.1 Å². The highest BCUT2D eigenvalue weighted by Crippen LogP contribution is 2.13. The molecule has 3 aromatic rings. The molecule has 0 spiro atoms.